The van der Waals surface area contributed by atoms with Crippen LogP contribution in [0.3, 0.4) is 0 Å². The molecular weight excluding hydrogens is 240 g/mol. The fourth-order valence-corrected chi connectivity index (χ4v) is 2.05. The highest BCUT2D eigenvalue weighted by atomic mass is 32.2. The number of hydrogen-bond acceptors (Lipinski definition) is 6. The van der Waals surface area contributed by atoms with Gasteiger partial charge in [-0.3, -0.25) is 4.57 Å². The number of anilines is 1. The monoisotopic (exact) mass is 252 g/mol. The van der Waals surface area contributed by atoms with Gasteiger partial charge in [-0.1, -0.05) is 6.92 Å². The minimum Gasteiger partial charge on any atom is -0.384 e. The van der Waals surface area contributed by atoms with Crippen LogP contribution in [0, 0.1) is 0 Å². The summed E-state index contributed by atoms with van der Waals surface area (Å²) in [5.41, 5.74) is 5.41. The fourth-order valence-electron chi connectivity index (χ4n) is 1.22. The first-order chi connectivity index (χ1) is 8.10. The Kier molecular flexibility index (Phi) is 3.14. The first-order valence-electron chi connectivity index (χ1n) is 5.03. The lowest BCUT2D eigenvalue weighted by molar-refractivity contribution is 0.763. The molecule has 8 heteroatoms. The SMILES string of the molecule is CCc1nc(N)cc(Sc2n[nH]c(=O)n2C)n1. The van der Waals surface area contributed by atoms with E-state index < -0.39 is 0 Å². The van der Waals surface area contributed by atoms with Gasteiger partial charge in [-0.15, -0.1) is 5.10 Å². The van der Waals surface area contributed by atoms with Crippen LogP contribution in [0.4, 0.5) is 5.82 Å². The maximum atomic E-state index is 11.2. The van der Waals surface area contributed by atoms with E-state index in [4.69, 9.17) is 5.73 Å². The van der Waals surface area contributed by atoms with Crippen LogP contribution in [-0.2, 0) is 13.5 Å². The third-order valence-electron chi connectivity index (χ3n) is 2.12. The van der Waals surface area contributed by atoms with E-state index in [2.05, 4.69) is 20.2 Å². The Labute approximate surface area is 101 Å². The highest BCUT2D eigenvalue weighted by Crippen LogP contribution is 2.23. The molecule has 17 heavy (non-hydrogen) atoms. The standard InChI is InChI=1S/C9H12N6OS/c1-3-6-11-5(10)4-7(12-6)17-9-14-13-8(16)15(9)2/h4H,3H2,1-2H3,(H,13,16)(H2,10,11,12). The molecule has 2 aromatic heterocycles. The molecule has 0 aromatic carbocycles. The zero-order valence-corrected chi connectivity index (χ0v) is 10.3. The van der Waals surface area contributed by atoms with Crippen LogP contribution in [0.25, 0.3) is 0 Å². The van der Waals surface area contributed by atoms with E-state index in [0.717, 1.165) is 0 Å². The molecule has 90 valence electrons. The number of nitrogens with two attached hydrogens (primary N) is 1. The molecule has 0 aliphatic heterocycles. The predicted octanol–water partition coefficient (Wildman–Crippen LogP) is 0.194. The molecule has 0 amide bonds. The summed E-state index contributed by atoms with van der Waals surface area (Å²) in [4.78, 5) is 19.6. The number of aromatic amines is 1. The zero-order chi connectivity index (χ0) is 12.4. The van der Waals surface area contributed by atoms with E-state index in [-0.39, 0.29) is 5.69 Å². The summed E-state index contributed by atoms with van der Waals surface area (Å²) < 4.78 is 1.41. The Hall–Kier alpha value is -1.83. The highest BCUT2D eigenvalue weighted by molar-refractivity contribution is 7.99. The van der Waals surface area contributed by atoms with Crippen molar-refractivity contribution in [2.75, 3.05) is 5.73 Å². The van der Waals surface area contributed by atoms with Crippen LogP contribution in [0.1, 0.15) is 12.7 Å². The van der Waals surface area contributed by atoms with Gasteiger partial charge >= 0.3 is 5.69 Å². The average Bonchev–Trinajstić information content (AvgIpc) is 2.60. The fraction of sp³-hybridized carbons (Fsp3) is 0.333. The number of rotatable bonds is 3. The first-order valence-corrected chi connectivity index (χ1v) is 5.84. The lowest BCUT2D eigenvalue weighted by Gasteiger charge is -2.03. The minimum atomic E-state index is -0.259. The molecule has 3 N–H and O–H groups in total. The van der Waals surface area contributed by atoms with Gasteiger partial charge in [0.1, 0.15) is 16.7 Å². The van der Waals surface area contributed by atoms with Crippen LogP contribution in [-0.4, -0.2) is 24.7 Å². The van der Waals surface area contributed by atoms with Gasteiger partial charge in [0.25, 0.3) is 0 Å². The Balaban J connectivity index is 2.33. The van der Waals surface area contributed by atoms with E-state index in [1.54, 1.807) is 13.1 Å². The summed E-state index contributed by atoms with van der Waals surface area (Å²) in [7, 11) is 1.64. The molecule has 0 fully saturated rings. The summed E-state index contributed by atoms with van der Waals surface area (Å²) >= 11 is 1.27. The molecule has 0 unspecified atom stereocenters. The summed E-state index contributed by atoms with van der Waals surface area (Å²) in [6, 6.07) is 1.66. The van der Waals surface area contributed by atoms with E-state index in [9.17, 15) is 4.79 Å². The van der Waals surface area contributed by atoms with Gasteiger partial charge < -0.3 is 5.73 Å². The summed E-state index contributed by atoms with van der Waals surface area (Å²) in [5.74, 6) is 1.09. The lowest BCUT2D eigenvalue weighted by atomic mass is 10.4. The summed E-state index contributed by atoms with van der Waals surface area (Å²) in [5, 5.41) is 7.46. The molecule has 0 saturated heterocycles. The number of H-pyrrole nitrogens is 1. The second kappa shape index (κ2) is 4.58. The molecule has 0 bridgehead atoms. The summed E-state index contributed by atoms with van der Waals surface area (Å²) in [6.07, 6.45) is 0.706. The topological polar surface area (TPSA) is 102 Å². The number of aromatic nitrogens is 5. The minimum absolute atomic E-state index is 0.259. The van der Waals surface area contributed by atoms with Gasteiger partial charge in [-0.2, -0.15) is 0 Å². The van der Waals surface area contributed by atoms with Crippen LogP contribution >= 0.6 is 11.8 Å². The van der Waals surface area contributed by atoms with Gasteiger partial charge in [0.2, 0.25) is 0 Å². The van der Waals surface area contributed by atoms with Crippen molar-refractivity contribution >= 4 is 17.6 Å². The van der Waals surface area contributed by atoms with Crippen molar-refractivity contribution < 1.29 is 0 Å². The van der Waals surface area contributed by atoms with Crippen LogP contribution in [0.2, 0.25) is 0 Å². The molecule has 0 aliphatic rings. The smallest absolute Gasteiger partial charge is 0.343 e. The van der Waals surface area contributed by atoms with Crippen molar-refractivity contribution in [3.05, 3.63) is 22.4 Å². The molecule has 0 saturated carbocycles. The van der Waals surface area contributed by atoms with E-state index in [1.807, 2.05) is 6.92 Å². The number of nitrogens with zero attached hydrogens (tertiary/aromatic N) is 4. The zero-order valence-electron chi connectivity index (χ0n) is 9.47. The predicted molar refractivity (Wildman–Crippen MR) is 63.8 cm³/mol. The number of aryl methyl sites for hydroxylation is 1. The van der Waals surface area contributed by atoms with Gasteiger partial charge in [-0.05, 0) is 11.8 Å². The van der Waals surface area contributed by atoms with Gasteiger partial charge in [-0.25, -0.2) is 19.9 Å². The van der Waals surface area contributed by atoms with Crippen molar-refractivity contribution in [2.24, 2.45) is 7.05 Å². The Morgan fingerprint density at radius 3 is 2.88 bits per heavy atom. The van der Waals surface area contributed by atoms with Crippen molar-refractivity contribution in [3.8, 4) is 0 Å². The second-order valence-electron chi connectivity index (χ2n) is 3.37. The van der Waals surface area contributed by atoms with E-state index in [0.29, 0.717) is 28.2 Å². The normalized spacial score (nSPS) is 10.7. The molecule has 2 aromatic rings. The average molecular weight is 252 g/mol. The van der Waals surface area contributed by atoms with Crippen molar-refractivity contribution in [1.82, 2.24) is 24.7 Å². The number of nitrogens with one attached hydrogen (secondary N) is 1. The Morgan fingerprint density at radius 1 is 1.53 bits per heavy atom. The van der Waals surface area contributed by atoms with Crippen LogP contribution in [0.5, 0.6) is 0 Å². The van der Waals surface area contributed by atoms with Crippen molar-refractivity contribution in [1.29, 1.82) is 0 Å². The Bertz CT molecular complexity index is 589. The summed E-state index contributed by atoms with van der Waals surface area (Å²) in [6.45, 7) is 1.95. The molecule has 7 nitrogen and oxygen atoms in total. The quantitative estimate of drug-likeness (QED) is 0.756. The maximum absolute atomic E-state index is 11.2. The third-order valence-corrected chi connectivity index (χ3v) is 3.09. The molecule has 0 radical (unpaired) electrons. The maximum Gasteiger partial charge on any atom is 0.343 e. The number of hydrogen-bond donors (Lipinski definition) is 2. The largest absolute Gasteiger partial charge is 0.384 e. The molecular formula is C9H12N6OS. The molecule has 2 heterocycles. The van der Waals surface area contributed by atoms with Gasteiger partial charge in [0, 0.05) is 19.5 Å². The second-order valence-corrected chi connectivity index (χ2v) is 4.36. The molecule has 0 spiro atoms. The first kappa shape index (κ1) is 11.6. The van der Waals surface area contributed by atoms with Crippen molar-refractivity contribution in [3.63, 3.8) is 0 Å². The van der Waals surface area contributed by atoms with Gasteiger partial charge in [0.15, 0.2) is 5.16 Å². The lowest BCUT2D eigenvalue weighted by Crippen LogP contribution is -2.12. The van der Waals surface area contributed by atoms with Crippen LogP contribution < -0.4 is 11.4 Å². The van der Waals surface area contributed by atoms with Gasteiger partial charge in [0.05, 0.1) is 0 Å². The molecule has 2 rings (SSSR count). The molecule has 0 aliphatic carbocycles. The third kappa shape index (κ3) is 2.47. The van der Waals surface area contributed by atoms with E-state index >= 15 is 0 Å². The van der Waals surface area contributed by atoms with Crippen molar-refractivity contribution in [2.45, 2.75) is 23.5 Å². The van der Waals surface area contributed by atoms with Crippen LogP contribution in [0.15, 0.2) is 21.0 Å². The Morgan fingerprint density at radius 2 is 2.29 bits per heavy atom. The highest BCUT2D eigenvalue weighted by Gasteiger charge is 2.09. The molecule has 0 atom stereocenters. The van der Waals surface area contributed by atoms with E-state index in [1.165, 1.54) is 16.3 Å². The number of nitrogen functional groups attached to an aromatic ring is 1.